The summed E-state index contributed by atoms with van der Waals surface area (Å²) >= 11 is 0. The van der Waals surface area contributed by atoms with E-state index < -0.39 is 28.1 Å². The molecule has 4 rings (SSSR count). The number of benzene rings is 1. The predicted octanol–water partition coefficient (Wildman–Crippen LogP) is 2.62. The molecule has 174 valence electrons. The Morgan fingerprint density at radius 2 is 2.06 bits per heavy atom. The zero-order valence-corrected chi connectivity index (χ0v) is 19.3. The summed E-state index contributed by atoms with van der Waals surface area (Å²) in [5, 5.41) is 0. The highest BCUT2D eigenvalue weighted by molar-refractivity contribution is 7.89. The number of carbonyl (C=O) groups is 2. The highest BCUT2D eigenvalue weighted by Crippen LogP contribution is 2.37. The van der Waals surface area contributed by atoms with Gasteiger partial charge in [-0.15, -0.1) is 6.58 Å². The monoisotopic (exact) mass is 469 g/mol. The van der Waals surface area contributed by atoms with Gasteiger partial charge in [0.05, 0.1) is 29.8 Å². The van der Waals surface area contributed by atoms with Crippen LogP contribution in [0.2, 0.25) is 0 Å². The minimum atomic E-state index is -4.07. The molecule has 2 aliphatic heterocycles. The predicted molar refractivity (Wildman–Crippen MR) is 122 cm³/mol. The Morgan fingerprint density at radius 3 is 2.76 bits per heavy atom. The van der Waals surface area contributed by atoms with Crippen molar-refractivity contribution < 1.29 is 22.7 Å². The molecule has 2 aliphatic rings. The molecule has 2 unspecified atom stereocenters. The Kier molecular flexibility index (Phi) is 6.62. The molecule has 0 radical (unpaired) electrons. The summed E-state index contributed by atoms with van der Waals surface area (Å²) in [6.07, 6.45) is 5.23. The highest BCUT2D eigenvalue weighted by atomic mass is 32.2. The van der Waals surface area contributed by atoms with Crippen molar-refractivity contribution in [1.29, 1.82) is 0 Å². The fraction of sp³-hybridized carbons (Fsp3) is 0.375. The van der Waals surface area contributed by atoms with Gasteiger partial charge in [-0.2, -0.15) is 4.31 Å². The van der Waals surface area contributed by atoms with Crippen molar-refractivity contribution >= 4 is 21.9 Å². The van der Waals surface area contributed by atoms with Crippen LogP contribution in [0.1, 0.15) is 35.3 Å². The van der Waals surface area contributed by atoms with Gasteiger partial charge in [-0.25, -0.2) is 13.2 Å². The van der Waals surface area contributed by atoms with E-state index >= 15 is 0 Å². The van der Waals surface area contributed by atoms with Crippen molar-refractivity contribution in [1.82, 2.24) is 14.2 Å². The van der Waals surface area contributed by atoms with Gasteiger partial charge in [0, 0.05) is 24.7 Å². The Labute approximate surface area is 193 Å². The lowest BCUT2D eigenvalue weighted by Crippen LogP contribution is -2.54. The molecule has 0 N–H and O–H groups in total. The lowest BCUT2D eigenvalue weighted by atomic mass is 9.90. The van der Waals surface area contributed by atoms with Gasteiger partial charge in [-0.05, 0) is 49.6 Å². The largest absolute Gasteiger partial charge is 0.465 e. The molecule has 1 aromatic carbocycles. The van der Waals surface area contributed by atoms with Crippen LogP contribution in [0.25, 0.3) is 0 Å². The normalized spacial score (nSPS) is 23.6. The van der Waals surface area contributed by atoms with Gasteiger partial charge in [-0.3, -0.25) is 9.78 Å². The third-order valence-corrected chi connectivity index (χ3v) is 8.28. The van der Waals surface area contributed by atoms with Crippen LogP contribution in [-0.4, -0.2) is 60.2 Å². The number of piperidine rings is 1. The number of sulfonamides is 1. The number of ether oxygens (including phenoxy) is 1. The van der Waals surface area contributed by atoms with Crippen molar-refractivity contribution in [3.8, 4) is 0 Å². The van der Waals surface area contributed by atoms with E-state index in [2.05, 4.69) is 11.6 Å². The molecule has 9 heteroatoms. The molecule has 0 aliphatic carbocycles. The van der Waals surface area contributed by atoms with Crippen molar-refractivity contribution in [3.63, 3.8) is 0 Å². The number of aromatic nitrogens is 1. The zero-order chi connectivity index (χ0) is 23.6. The lowest BCUT2D eigenvalue weighted by Gasteiger charge is -2.40. The van der Waals surface area contributed by atoms with E-state index in [1.54, 1.807) is 17.2 Å². The number of amides is 1. The number of fused-ring (bicyclic) bond motifs is 2. The number of nitrogens with zero attached hydrogens (tertiary/aromatic N) is 3. The topological polar surface area (TPSA) is 96.9 Å². The molecule has 2 aromatic rings. The number of carbonyl (C=O) groups excluding carboxylic acids is 2. The van der Waals surface area contributed by atoms with Crippen LogP contribution >= 0.6 is 0 Å². The third-order valence-electron chi connectivity index (χ3n) is 6.35. The number of methoxy groups -OCH3 is 1. The molecule has 3 atom stereocenters. The Hall–Kier alpha value is -3.04. The average Bonchev–Trinajstić information content (AvgIpc) is 2.91. The van der Waals surface area contributed by atoms with Crippen LogP contribution in [0.5, 0.6) is 0 Å². The highest BCUT2D eigenvalue weighted by Gasteiger charge is 2.49. The van der Waals surface area contributed by atoms with Crippen molar-refractivity contribution in [2.45, 2.75) is 42.8 Å². The van der Waals surface area contributed by atoms with E-state index in [-0.39, 0.29) is 22.3 Å². The summed E-state index contributed by atoms with van der Waals surface area (Å²) in [6.45, 7) is 4.62. The third kappa shape index (κ3) is 4.43. The van der Waals surface area contributed by atoms with Crippen LogP contribution in [0, 0.1) is 5.92 Å². The minimum Gasteiger partial charge on any atom is -0.465 e. The number of hydrogen-bond donors (Lipinski definition) is 0. The first kappa shape index (κ1) is 23.1. The molecule has 2 saturated heterocycles. The van der Waals surface area contributed by atoms with E-state index in [4.69, 9.17) is 4.74 Å². The molecular formula is C24H27N3O5S. The maximum absolute atomic E-state index is 13.8. The summed E-state index contributed by atoms with van der Waals surface area (Å²) in [7, 11) is -2.82. The summed E-state index contributed by atoms with van der Waals surface area (Å²) in [4.78, 5) is 31.6. The second-order valence-electron chi connectivity index (χ2n) is 8.31. The van der Waals surface area contributed by atoms with Gasteiger partial charge in [0.2, 0.25) is 15.9 Å². The number of esters is 1. The number of hydrogen-bond acceptors (Lipinski definition) is 6. The lowest BCUT2D eigenvalue weighted by molar-refractivity contribution is -0.135. The van der Waals surface area contributed by atoms with Crippen molar-refractivity contribution in [3.05, 3.63) is 72.6 Å². The van der Waals surface area contributed by atoms with Gasteiger partial charge in [-0.1, -0.05) is 18.2 Å². The first-order valence-corrected chi connectivity index (χ1v) is 12.3. The minimum absolute atomic E-state index is 0.0314. The van der Waals surface area contributed by atoms with Gasteiger partial charge in [0.25, 0.3) is 0 Å². The summed E-state index contributed by atoms with van der Waals surface area (Å²) in [5.41, 5.74) is 0.882. The maximum atomic E-state index is 13.8. The van der Waals surface area contributed by atoms with Crippen LogP contribution < -0.4 is 0 Å². The van der Waals surface area contributed by atoms with E-state index in [1.165, 1.54) is 35.7 Å². The second-order valence-corrected chi connectivity index (χ2v) is 10.2. The SMILES string of the molecule is C=C[C@H]1CN(Cc2ccccn2)C(=O)C2CCCC1N2S(=O)(=O)c1cccc(C(=O)OC)c1. The summed E-state index contributed by atoms with van der Waals surface area (Å²) in [5.74, 6) is -1.09. The fourth-order valence-electron chi connectivity index (χ4n) is 4.75. The van der Waals surface area contributed by atoms with Crippen LogP contribution in [0.4, 0.5) is 0 Å². The number of pyridine rings is 1. The first-order valence-electron chi connectivity index (χ1n) is 10.9. The van der Waals surface area contributed by atoms with Crippen molar-refractivity contribution in [2.75, 3.05) is 13.7 Å². The van der Waals surface area contributed by atoms with E-state index in [0.717, 1.165) is 12.1 Å². The first-order chi connectivity index (χ1) is 15.9. The summed E-state index contributed by atoms with van der Waals surface area (Å²) in [6, 6.07) is 10.1. The Morgan fingerprint density at radius 1 is 1.24 bits per heavy atom. The molecule has 2 fully saturated rings. The van der Waals surface area contributed by atoms with Crippen molar-refractivity contribution in [2.24, 2.45) is 5.92 Å². The van der Waals surface area contributed by atoms with Gasteiger partial charge >= 0.3 is 5.97 Å². The second kappa shape index (κ2) is 9.44. The molecule has 3 heterocycles. The standard InChI is InChI=1S/C24H27N3O5S/c1-3-17-15-26(16-19-9-4-5-13-25-19)23(28)22-12-7-11-21(17)27(22)33(30,31)20-10-6-8-18(14-20)24(29)32-2/h3-6,8-10,13-14,17,21-22H,1,7,11-12,15-16H2,2H3/t17-,21?,22?/m0/s1. The van der Waals surface area contributed by atoms with Gasteiger partial charge < -0.3 is 9.64 Å². The quantitative estimate of drug-likeness (QED) is 0.477. The fourth-order valence-corrected chi connectivity index (χ4v) is 6.67. The summed E-state index contributed by atoms with van der Waals surface area (Å²) < 4.78 is 33.8. The molecule has 0 spiro atoms. The van der Waals surface area contributed by atoms with Crippen LogP contribution in [0.3, 0.4) is 0 Å². The molecule has 1 aromatic heterocycles. The zero-order valence-electron chi connectivity index (χ0n) is 18.5. The van der Waals surface area contributed by atoms with E-state index in [9.17, 15) is 18.0 Å². The van der Waals surface area contributed by atoms with E-state index in [1.807, 2.05) is 18.2 Å². The molecule has 0 saturated carbocycles. The molecule has 2 bridgehead atoms. The molecule has 8 nitrogen and oxygen atoms in total. The Balaban J connectivity index is 1.74. The smallest absolute Gasteiger partial charge is 0.337 e. The Bertz CT molecular complexity index is 1150. The van der Waals surface area contributed by atoms with E-state index in [0.29, 0.717) is 25.9 Å². The molecule has 33 heavy (non-hydrogen) atoms. The van der Waals surface area contributed by atoms with Gasteiger partial charge in [0.15, 0.2) is 0 Å². The molecular weight excluding hydrogens is 442 g/mol. The van der Waals surface area contributed by atoms with Gasteiger partial charge in [0.1, 0.15) is 6.04 Å². The number of rotatable bonds is 6. The average molecular weight is 470 g/mol. The molecule has 1 amide bonds. The maximum Gasteiger partial charge on any atom is 0.337 e. The van der Waals surface area contributed by atoms with Crippen LogP contribution in [-0.2, 0) is 26.1 Å². The van der Waals surface area contributed by atoms with Crippen LogP contribution in [0.15, 0.2) is 66.2 Å².